The van der Waals surface area contributed by atoms with Crippen LogP contribution in [0.2, 0.25) is 0 Å². The number of aryl methyl sites for hydroxylation is 1. The Labute approximate surface area is 211 Å². The molecule has 0 aromatic heterocycles. The van der Waals surface area contributed by atoms with Gasteiger partial charge in [0.15, 0.2) is 0 Å². The summed E-state index contributed by atoms with van der Waals surface area (Å²) in [7, 11) is 0. The lowest BCUT2D eigenvalue weighted by molar-refractivity contribution is -0.153. The van der Waals surface area contributed by atoms with E-state index < -0.39 is 11.9 Å². The summed E-state index contributed by atoms with van der Waals surface area (Å²) in [5.41, 5.74) is 7.83. The molecule has 0 heterocycles. The van der Waals surface area contributed by atoms with Crippen LogP contribution in [-0.2, 0) is 31.9 Å². The molecule has 0 amide bonds. The van der Waals surface area contributed by atoms with Crippen LogP contribution >= 0.6 is 0 Å². The van der Waals surface area contributed by atoms with Gasteiger partial charge in [-0.15, -0.1) is 0 Å². The second kappa shape index (κ2) is 9.90. The molecule has 0 spiro atoms. The van der Waals surface area contributed by atoms with Gasteiger partial charge < -0.3 is 14.2 Å². The molecule has 1 unspecified atom stereocenters. The Morgan fingerprint density at radius 2 is 1.42 bits per heavy atom. The number of hydrogen-bond acceptors (Lipinski definition) is 5. The van der Waals surface area contributed by atoms with Gasteiger partial charge in [0.2, 0.25) is 0 Å². The van der Waals surface area contributed by atoms with Crippen LogP contribution in [0, 0.1) is 5.92 Å². The molecule has 0 N–H and O–H groups in total. The predicted molar refractivity (Wildman–Crippen MR) is 135 cm³/mol. The molecular weight excluding hydrogens is 452 g/mol. The number of fused-ring (bicyclic) bond motifs is 2. The van der Waals surface area contributed by atoms with Crippen molar-refractivity contribution in [2.45, 2.75) is 43.9 Å². The van der Waals surface area contributed by atoms with E-state index in [0.29, 0.717) is 18.3 Å². The number of carbonyl (C=O) groups excluding carboxylic acids is 2. The van der Waals surface area contributed by atoms with Gasteiger partial charge in [-0.1, -0.05) is 60.7 Å². The summed E-state index contributed by atoms with van der Waals surface area (Å²) in [5, 5.41) is 0. The van der Waals surface area contributed by atoms with Crippen molar-refractivity contribution in [2.75, 3.05) is 19.8 Å². The molecule has 1 atom stereocenters. The Hall–Kier alpha value is -3.44. The van der Waals surface area contributed by atoms with Crippen LogP contribution < -0.4 is 4.74 Å². The van der Waals surface area contributed by atoms with Gasteiger partial charge in [-0.3, -0.25) is 0 Å². The fraction of sp³-hybridized carbons (Fsp3) is 0.355. The van der Waals surface area contributed by atoms with Crippen LogP contribution in [0.15, 0.2) is 66.7 Å². The summed E-state index contributed by atoms with van der Waals surface area (Å²) in [6.45, 7) is -0.212. The highest BCUT2D eigenvalue weighted by Crippen LogP contribution is 2.55. The molecule has 5 nitrogen and oxygen atoms in total. The number of carbonyl (C=O) groups is 2. The molecule has 0 saturated heterocycles. The predicted octanol–water partition coefficient (Wildman–Crippen LogP) is 5.33. The SMILES string of the molecule is O=C(COCC(=O)Oc1cccc2c1CCCC2)OCC1CC2c3ccccc3C1c1ccccc12. The fourth-order valence-electron chi connectivity index (χ4n) is 6.38. The Morgan fingerprint density at radius 1 is 0.750 bits per heavy atom. The zero-order valence-corrected chi connectivity index (χ0v) is 20.3. The van der Waals surface area contributed by atoms with Crippen molar-refractivity contribution in [3.8, 4) is 5.75 Å². The molecule has 0 fully saturated rings. The summed E-state index contributed by atoms with van der Waals surface area (Å²) in [6.07, 6.45) is 5.16. The van der Waals surface area contributed by atoms with Crippen molar-refractivity contribution in [1.82, 2.24) is 0 Å². The Kier molecular flexibility index (Phi) is 6.32. The van der Waals surface area contributed by atoms with E-state index in [1.54, 1.807) is 0 Å². The van der Waals surface area contributed by atoms with Crippen LogP contribution in [0.1, 0.15) is 64.5 Å². The lowest BCUT2D eigenvalue weighted by atomic mass is 9.59. The topological polar surface area (TPSA) is 61.8 Å². The first kappa shape index (κ1) is 23.0. The minimum Gasteiger partial charge on any atom is -0.464 e. The highest BCUT2D eigenvalue weighted by atomic mass is 16.6. The van der Waals surface area contributed by atoms with E-state index >= 15 is 0 Å². The van der Waals surface area contributed by atoms with Crippen molar-refractivity contribution < 1.29 is 23.8 Å². The Bertz CT molecular complexity index is 1250. The maximum Gasteiger partial charge on any atom is 0.337 e. The van der Waals surface area contributed by atoms with Gasteiger partial charge in [-0.05, 0) is 71.6 Å². The van der Waals surface area contributed by atoms with Crippen molar-refractivity contribution in [3.05, 3.63) is 100 Å². The number of benzene rings is 3. The maximum absolute atomic E-state index is 12.4. The molecular formula is C31H30O5. The first-order chi connectivity index (χ1) is 17.7. The van der Waals surface area contributed by atoms with Crippen LogP contribution in [0.3, 0.4) is 0 Å². The molecule has 2 bridgehead atoms. The number of hydrogen-bond donors (Lipinski definition) is 0. The van der Waals surface area contributed by atoms with Crippen LogP contribution in [0.5, 0.6) is 5.75 Å². The second-order valence-electron chi connectivity index (χ2n) is 10.0. The van der Waals surface area contributed by atoms with Gasteiger partial charge in [-0.25, -0.2) is 9.59 Å². The van der Waals surface area contributed by atoms with Gasteiger partial charge in [0, 0.05) is 17.8 Å². The number of esters is 2. The van der Waals surface area contributed by atoms with E-state index in [1.165, 1.54) is 27.8 Å². The van der Waals surface area contributed by atoms with E-state index in [1.807, 2.05) is 12.1 Å². The summed E-state index contributed by atoms with van der Waals surface area (Å²) in [6, 6.07) is 23.1. The smallest absolute Gasteiger partial charge is 0.337 e. The first-order valence-electron chi connectivity index (χ1n) is 12.9. The molecule has 7 rings (SSSR count). The summed E-state index contributed by atoms with van der Waals surface area (Å²) in [5.74, 6) is 0.431. The standard InChI is InChI=1S/C31H30O5/c32-29(18-34-19-30(33)36-28-15-7-9-20-8-1-2-10-22(20)28)35-17-21-16-27-23-11-3-5-13-25(23)31(21)26-14-6-4-12-24(26)27/h3-7,9,11-15,21,27,31H,1-2,8,10,16-19H2. The Balaban J connectivity index is 1.02. The minimum absolute atomic E-state index is 0.220. The molecule has 3 aromatic carbocycles. The minimum atomic E-state index is -0.500. The molecule has 4 aliphatic rings. The maximum atomic E-state index is 12.4. The third kappa shape index (κ3) is 4.33. The van der Waals surface area contributed by atoms with Gasteiger partial charge >= 0.3 is 11.9 Å². The molecule has 36 heavy (non-hydrogen) atoms. The van der Waals surface area contributed by atoms with E-state index in [-0.39, 0.29) is 25.0 Å². The van der Waals surface area contributed by atoms with Gasteiger partial charge in [0.25, 0.3) is 0 Å². The number of ether oxygens (including phenoxy) is 3. The molecule has 0 radical (unpaired) electrons. The summed E-state index contributed by atoms with van der Waals surface area (Å²) in [4.78, 5) is 24.7. The lowest BCUT2D eigenvalue weighted by Gasteiger charge is -2.45. The largest absolute Gasteiger partial charge is 0.464 e. The van der Waals surface area contributed by atoms with Crippen molar-refractivity contribution >= 4 is 11.9 Å². The summed E-state index contributed by atoms with van der Waals surface area (Å²) < 4.78 is 16.5. The van der Waals surface area contributed by atoms with E-state index in [4.69, 9.17) is 14.2 Å². The van der Waals surface area contributed by atoms with Crippen molar-refractivity contribution in [3.63, 3.8) is 0 Å². The van der Waals surface area contributed by atoms with E-state index in [0.717, 1.165) is 37.7 Å². The normalized spacial score (nSPS) is 21.2. The van der Waals surface area contributed by atoms with Gasteiger partial charge in [-0.2, -0.15) is 0 Å². The van der Waals surface area contributed by atoms with Crippen molar-refractivity contribution in [2.24, 2.45) is 5.92 Å². The molecule has 0 saturated carbocycles. The average Bonchev–Trinajstić information content (AvgIpc) is 2.92. The second-order valence-corrected chi connectivity index (χ2v) is 10.0. The molecule has 184 valence electrons. The van der Waals surface area contributed by atoms with Gasteiger partial charge in [0.1, 0.15) is 19.0 Å². The average molecular weight is 483 g/mol. The monoisotopic (exact) mass is 482 g/mol. The molecule has 3 aromatic rings. The fourth-order valence-corrected chi connectivity index (χ4v) is 6.38. The quantitative estimate of drug-likeness (QED) is 0.337. The van der Waals surface area contributed by atoms with Crippen LogP contribution in [0.25, 0.3) is 0 Å². The zero-order valence-electron chi connectivity index (χ0n) is 20.3. The molecule has 5 heteroatoms. The molecule has 4 aliphatic carbocycles. The van der Waals surface area contributed by atoms with Crippen LogP contribution in [0.4, 0.5) is 0 Å². The first-order valence-corrected chi connectivity index (χ1v) is 12.9. The van der Waals surface area contributed by atoms with E-state index in [9.17, 15) is 9.59 Å². The van der Waals surface area contributed by atoms with E-state index in [2.05, 4.69) is 54.6 Å². The zero-order chi connectivity index (χ0) is 24.5. The summed E-state index contributed by atoms with van der Waals surface area (Å²) >= 11 is 0. The third-order valence-electron chi connectivity index (χ3n) is 7.90. The Morgan fingerprint density at radius 3 is 2.17 bits per heavy atom. The third-order valence-corrected chi connectivity index (χ3v) is 7.90. The van der Waals surface area contributed by atoms with Gasteiger partial charge in [0.05, 0.1) is 6.61 Å². The van der Waals surface area contributed by atoms with Crippen LogP contribution in [-0.4, -0.2) is 31.8 Å². The highest BCUT2D eigenvalue weighted by Gasteiger charge is 2.43. The molecule has 0 aliphatic heterocycles. The number of rotatable bonds is 7. The highest BCUT2D eigenvalue weighted by molar-refractivity contribution is 5.75. The lowest BCUT2D eigenvalue weighted by Crippen LogP contribution is -2.35. The van der Waals surface area contributed by atoms with Crippen molar-refractivity contribution in [1.29, 1.82) is 0 Å².